The van der Waals surface area contributed by atoms with Gasteiger partial charge in [-0.15, -0.1) is 0 Å². The molecule has 0 radical (unpaired) electrons. The second kappa shape index (κ2) is 7.01. The van der Waals surface area contributed by atoms with E-state index in [1.165, 1.54) is 0 Å². The van der Waals surface area contributed by atoms with E-state index in [4.69, 9.17) is 9.26 Å². The lowest BCUT2D eigenvalue weighted by atomic mass is 9.86. The molecule has 1 aliphatic heterocycles. The molecule has 0 amide bonds. The molecule has 3 rings (SSSR count). The molecule has 7 nitrogen and oxygen atoms in total. The number of ether oxygens (including phenoxy) is 1. The summed E-state index contributed by atoms with van der Waals surface area (Å²) >= 11 is 0. The van der Waals surface area contributed by atoms with Crippen LogP contribution in [0, 0.1) is 0 Å². The molecule has 1 N–H and O–H groups in total. The lowest BCUT2D eigenvalue weighted by Gasteiger charge is -2.36. The van der Waals surface area contributed by atoms with Crippen LogP contribution in [0.3, 0.4) is 0 Å². The normalized spacial score (nSPS) is 20.4. The zero-order valence-electron chi connectivity index (χ0n) is 15.3. The van der Waals surface area contributed by atoms with Crippen LogP contribution in [0.4, 0.5) is 5.95 Å². The Bertz CT molecular complexity index is 697. The molecule has 0 bridgehead atoms. The Morgan fingerprint density at radius 3 is 2.68 bits per heavy atom. The highest BCUT2D eigenvalue weighted by molar-refractivity contribution is 5.32. The maximum atomic E-state index is 11.2. The third-order valence-electron chi connectivity index (χ3n) is 4.88. The molecule has 1 fully saturated rings. The van der Waals surface area contributed by atoms with Crippen LogP contribution in [-0.2, 0) is 12.1 Å². The van der Waals surface area contributed by atoms with Crippen molar-refractivity contribution in [3.8, 4) is 5.75 Å². The molecule has 2 aromatic rings. The zero-order chi connectivity index (χ0) is 18.0. The summed E-state index contributed by atoms with van der Waals surface area (Å²) in [5.74, 6) is 1.92. The van der Waals surface area contributed by atoms with Crippen molar-refractivity contribution in [2.24, 2.45) is 0 Å². The van der Waals surface area contributed by atoms with Gasteiger partial charge in [0.05, 0.1) is 13.7 Å². The highest BCUT2D eigenvalue weighted by Crippen LogP contribution is 2.36. The Morgan fingerprint density at radius 1 is 1.36 bits per heavy atom. The summed E-state index contributed by atoms with van der Waals surface area (Å²) < 4.78 is 10.5. The van der Waals surface area contributed by atoms with Crippen molar-refractivity contribution in [2.45, 2.75) is 38.0 Å². The van der Waals surface area contributed by atoms with Crippen LogP contribution in [0.25, 0.3) is 0 Å². The predicted molar refractivity (Wildman–Crippen MR) is 94.6 cm³/mol. The molecule has 1 aromatic heterocycles. The minimum atomic E-state index is -0.965. The number of benzene rings is 1. The van der Waals surface area contributed by atoms with Gasteiger partial charge in [-0.05, 0) is 49.2 Å². The van der Waals surface area contributed by atoms with Gasteiger partial charge in [0, 0.05) is 20.1 Å². The van der Waals surface area contributed by atoms with Crippen molar-refractivity contribution in [2.75, 3.05) is 32.6 Å². The first kappa shape index (κ1) is 17.7. The van der Waals surface area contributed by atoms with Crippen molar-refractivity contribution in [3.63, 3.8) is 0 Å². The van der Waals surface area contributed by atoms with Gasteiger partial charge >= 0.3 is 0 Å². The number of rotatable bonds is 6. The molecule has 7 heteroatoms. The van der Waals surface area contributed by atoms with Crippen molar-refractivity contribution in [3.05, 3.63) is 35.7 Å². The fraction of sp³-hybridized carbons (Fsp3) is 0.556. The fourth-order valence-corrected chi connectivity index (χ4v) is 3.44. The highest BCUT2D eigenvalue weighted by atomic mass is 16.5. The summed E-state index contributed by atoms with van der Waals surface area (Å²) in [6.07, 6.45) is 1.96. The minimum Gasteiger partial charge on any atom is -0.497 e. The van der Waals surface area contributed by atoms with E-state index in [0.29, 0.717) is 18.4 Å². The summed E-state index contributed by atoms with van der Waals surface area (Å²) in [6, 6.07) is 7.60. The van der Waals surface area contributed by atoms with Gasteiger partial charge < -0.3 is 19.3 Å². The molecule has 0 unspecified atom stereocenters. The van der Waals surface area contributed by atoms with E-state index in [-0.39, 0.29) is 6.04 Å². The molecule has 0 spiro atoms. The number of hydrogen-bond acceptors (Lipinski definition) is 7. The van der Waals surface area contributed by atoms with E-state index < -0.39 is 5.60 Å². The number of aromatic nitrogens is 2. The van der Waals surface area contributed by atoms with Crippen LogP contribution in [0.5, 0.6) is 5.75 Å². The molecular weight excluding hydrogens is 320 g/mol. The quantitative estimate of drug-likeness (QED) is 0.857. The van der Waals surface area contributed by atoms with Crippen LogP contribution in [0.2, 0.25) is 0 Å². The van der Waals surface area contributed by atoms with Gasteiger partial charge in [-0.1, -0.05) is 12.1 Å². The molecule has 0 saturated carbocycles. The van der Waals surface area contributed by atoms with Crippen LogP contribution in [-0.4, -0.2) is 53.9 Å². The molecule has 136 valence electrons. The number of likely N-dealkylation sites (tertiary alicyclic amines) is 1. The molecule has 0 aliphatic carbocycles. The van der Waals surface area contributed by atoms with Crippen LogP contribution < -0.4 is 9.64 Å². The summed E-state index contributed by atoms with van der Waals surface area (Å²) in [5.41, 5.74) is -0.0857. The molecule has 1 aliphatic rings. The van der Waals surface area contributed by atoms with E-state index in [9.17, 15) is 5.11 Å². The number of aliphatic hydroxyl groups is 1. The maximum absolute atomic E-state index is 11.2. The summed E-state index contributed by atoms with van der Waals surface area (Å²) in [7, 11) is 5.39. The first-order chi connectivity index (χ1) is 11.9. The van der Waals surface area contributed by atoms with Gasteiger partial charge in [-0.25, -0.2) is 0 Å². The Balaban J connectivity index is 1.76. The van der Waals surface area contributed by atoms with Crippen molar-refractivity contribution in [1.82, 2.24) is 15.0 Å². The Kier molecular flexibility index (Phi) is 4.96. The first-order valence-electron chi connectivity index (χ1n) is 8.52. The highest BCUT2D eigenvalue weighted by Gasteiger charge is 2.41. The first-order valence-corrected chi connectivity index (χ1v) is 8.52. The second-order valence-electron chi connectivity index (χ2n) is 6.89. The Labute approximate surface area is 148 Å². The third kappa shape index (κ3) is 3.62. The zero-order valence-corrected chi connectivity index (χ0v) is 15.3. The van der Waals surface area contributed by atoms with E-state index >= 15 is 0 Å². The molecule has 25 heavy (non-hydrogen) atoms. The predicted octanol–water partition coefficient (Wildman–Crippen LogP) is 2.02. The van der Waals surface area contributed by atoms with Gasteiger partial charge in [0.25, 0.3) is 5.95 Å². The topological polar surface area (TPSA) is 74.9 Å². The van der Waals surface area contributed by atoms with Gasteiger partial charge in [0.2, 0.25) is 5.89 Å². The van der Waals surface area contributed by atoms with Crippen molar-refractivity contribution >= 4 is 5.95 Å². The second-order valence-corrected chi connectivity index (χ2v) is 6.89. The SMILES string of the molecule is COc1ccc([C@](C)(O)[C@@H]2CCCN2Cc2nc(N(C)C)no2)cc1. The van der Waals surface area contributed by atoms with E-state index in [2.05, 4.69) is 15.0 Å². The van der Waals surface area contributed by atoms with Gasteiger partial charge in [-0.2, -0.15) is 4.98 Å². The standard InChI is InChI=1S/C18H26N4O3/c1-18(23,13-7-9-14(24-4)10-8-13)15-6-5-11-22(15)12-16-19-17(20-25-16)21(2)3/h7-10,15,23H,5-6,11-12H2,1-4H3/t15-,18-/m0/s1. The smallest absolute Gasteiger partial charge is 0.265 e. The number of nitrogens with zero attached hydrogens (tertiary/aromatic N) is 4. The van der Waals surface area contributed by atoms with Crippen molar-refractivity contribution < 1.29 is 14.4 Å². The Hall–Kier alpha value is -2.12. The lowest BCUT2D eigenvalue weighted by molar-refractivity contribution is -0.0278. The number of methoxy groups -OCH3 is 1. The van der Waals surface area contributed by atoms with Crippen LogP contribution >= 0.6 is 0 Å². The fourth-order valence-electron chi connectivity index (χ4n) is 3.44. The largest absolute Gasteiger partial charge is 0.497 e. The average molecular weight is 346 g/mol. The van der Waals surface area contributed by atoms with E-state index in [1.807, 2.05) is 50.2 Å². The summed E-state index contributed by atoms with van der Waals surface area (Å²) in [5, 5.41) is 15.2. The van der Waals surface area contributed by atoms with Gasteiger partial charge in [0.1, 0.15) is 11.4 Å². The average Bonchev–Trinajstić information content (AvgIpc) is 3.25. The van der Waals surface area contributed by atoms with E-state index in [1.54, 1.807) is 7.11 Å². The van der Waals surface area contributed by atoms with E-state index in [0.717, 1.165) is 30.7 Å². The third-order valence-corrected chi connectivity index (χ3v) is 4.88. The molecule has 1 saturated heterocycles. The maximum Gasteiger partial charge on any atom is 0.265 e. The lowest BCUT2D eigenvalue weighted by Crippen LogP contribution is -2.45. The van der Waals surface area contributed by atoms with Crippen LogP contribution in [0.1, 0.15) is 31.2 Å². The van der Waals surface area contributed by atoms with Crippen LogP contribution in [0.15, 0.2) is 28.8 Å². The monoisotopic (exact) mass is 346 g/mol. The van der Waals surface area contributed by atoms with Gasteiger partial charge in [-0.3, -0.25) is 4.90 Å². The number of hydrogen-bond donors (Lipinski definition) is 1. The summed E-state index contributed by atoms with van der Waals surface area (Å²) in [6.45, 7) is 3.31. The minimum absolute atomic E-state index is 0.00407. The molecule has 2 atom stereocenters. The van der Waals surface area contributed by atoms with Crippen molar-refractivity contribution in [1.29, 1.82) is 0 Å². The summed E-state index contributed by atoms with van der Waals surface area (Å²) in [4.78, 5) is 8.42. The number of anilines is 1. The Morgan fingerprint density at radius 2 is 2.08 bits per heavy atom. The van der Waals surface area contributed by atoms with Gasteiger partial charge in [0.15, 0.2) is 0 Å². The molecular formula is C18H26N4O3. The molecule has 1 aromatic carbocycles. The molecule has 2 heterocycles.